The molecule has 16 aromatic carbocycles. The molecule has 0 aliphatic heterocycles. The third-order valence-electron chi connectivity index (χ3n) is 24.8. The molecule has 0 spiro atoms. The normalized spacial score (nSPS) is 13.1. The second kappa shape index (κ2) is 37.6. The lowest BCUT2D eigenvalue weighted by atomic mass is 9.82. The number of ketones is 16. The fourth-order valence-corrected chi connectivity index (χ4v) is 17.8. The Morgan fingerprint density at radius 1 is 0.134 bits per heavy atom. The van der Waals surface area contributed by atoms with E-state index in [-0.39, 0.29) is 149 Å². The van der Waals surface area contributed by atoms with Crippen LogP contribution in [0, 0.1) is 0 Å². The van der Waals surface area contributed by atoms with Crippen LogP contribution in [0.4, 0.5) is 68.2 Å². The molecule has 26 N–H and O–H groups in total. The summed E-state index contributed by atoms with van der Waals surface area (Å²) >= 11 is 0. The predicted molar refractivity (Wildman–Crippen MR) is 539 cm³/mol. The van der Waals surface area contributed by atoms with Crippen LogP contribution in [0.3, 0.4) is 0 Å². The van der Waals surface area contributed by atoms with Gasteiger partial charge >= 0.3 is 0 Å². The van der Waals surface area contributed by atoms with Gasteiger partial charge in [-0.3, -0.25) is 76.7 Å². The highest BCUT2D eigenvalue weighted by molar-refractivity contribution is 6.37. The number of carbonyl (C=O) groups excluding carboxylic acids is 16. The Labute approximate surface area is 806 Å². The van der Waals surface area contributed by atoms with Gasteiger partial charge in [-0.25, -0.2) is 0 Å². The number of fused-ring (bicyclic) bond motifs is 16. The highest BCUT2D eigenvalue weighted by atomic mass is 16.2. The van der Waals surface area contributed by atoms with Crippen molar-refractivity contribution in [3.05, 3.63) is 493 Å². The van der Waals surface area contributed by atoms with Crippen molar-refractivity contribution in [1.29, 1.82) is 0 Å². The van der Waals surface area contributed by atoms with Crippen molar-refractivity contribution in [3.8, 4) is 0 Å². The van der Waals surface area contributed by atoms with E-state index in [0.29, 0.717) is 197 Å². The first-order valence-electron chi connectivity index (χ1n) is 43.6. The van der Waals surface area contributed by atoms with Gasteiger partial charge in [0.1, 0.15) is 0 Å². The van der Waals surface area contributed by atoms with Crippen LogP contribution in [0.25, 0.3) is 0 Å². The molecule has 0 amide bonds. The molecule has 0 radical (unpaired) electrons. The van der Waals surface area contributed by atoms with Crippen LogP contribution < -0.4 is 74.5 Å². The first-order chi connectivity index (χ1) is 68.1. The second-order valence-corrected chi connectivity index (χ2v) is 33.3. The van der Waals surface area contributed by atoms with Crippen molar-refractivity contribution in [1.82, 2.24) is 0 Å². The number of rotatable bonds is 1. The average Bonchev–Trinajstić information content (AvgIpc) is 1.59. The second-order valence-electron chi connectivity index (χ2n) is 33.3. The number of hydrogen-bond donors (Lipinski definition) is 13. The lowest BCUT2D eigenvalue weighted by Gasteiger charge is -2.20. The maximum absolute atomic E-state index is 12.4. The van der Waals surface area contributed by atoms with Gasteiger partial charge in [-0.15, -0.1) is 0 Å². The highest BCUT2D eigenvalue weighted by Gasteiger charge is 2.40. The van der Waals surface area contributed by atoms with E-state index in [1.165, 1.54) is 12.1 Å². The minimum Gasteiger partial charge on any atom is -0.399 e. The van der Waals surface area contributed by atoms with Crippen molar-refractivity contribution < 1.29 is 76.7 Å². The molecule has 24 rings (SSSR count). The Morgan fingerprint density at radius 2 is 0.310 bits per heavy atom. The summed E-state index contributed by atoms with van der Waals surface area (Å²) in [4.78, 5) is 197. The summed E-state index contributed by atoms with van der Waals surface area (Å²) in [6.45, 7) is 0.358. The Balaban J connectivity index is 0.000000112. The van der Waals surface area contributed by atoms with Crippen LogP contribution >= 0.6 is 0 Å². The van der Waals surface area contributed by atoms with E-state index in [2.05, 4.69) is 0 Å². The van der Waals surface area contributed by atoms with Gasteiger partial charge in [-0.1, -0.05) is 188 Å². The number of nitrogen functional groups attached to an aromatic ring is 12. The van der Waals surface area contributed by atoms with Crippen molar-refractivity contribution in [2.24, 2.45) is 5.73 Å². The maximum atomic E-state index is 12.4. The zero-order valence-electron chi connectivity index (χ0n) is 74.7. The van der Waals surface area contributed by atoms with Crippen LogP contribution in [0.5, 0.6) is 0 Å². The summed E-state index contributed by atoms with van der Waals surface area (Å²) in [5.74, 6) is -3.04. The van der Waals surface area contributed by atoms with E-state index in [1.54, 1.807) is 297 Å². The van der Waals surface area contributed by atoms with Crippen molar-refractivity contribution in [3.63, 3.8) is 0 Å². The van der Waals surface area contributed by atoms with E-state index < -0.39 is 0 Å². The summed E-state index contributed by atoms with van der Waals surface area (Å²) in [6.07, 6.45) is 0. The Bertz CT molecular complexity index is 8120. The van der Waals surface area contributed by atoms with E-state index >= 15 is 0 Å². The molecule has 0 saturated carbocycles. The number of nitrogens with two attached hydrogens (primary N) is 13. The number of anilines is 12. The van der Waals surface area contributed by atoms with Gasteiger partial charge in [-0.2, -0.15) is 0 Å². The number of benzene rings is 16. The molecule has 8 aliphatic rings. The van der Waals surface area contributed by atoms with Crippen molar-refractivity contribution in [2.45, 2.75) is 6.54 Å². The minimum atomic E-state index is -0.282. The third kappa shape index (κ3) is 16.4. The molecular formula is C113H79N13O16. The summed E-state index contributed by atoms with van der Waals surface area (Å²) in [5.41, 5.74) is 91.2. The van der Waals surface area contributed by atoms with Gasteiger partial charge in [0.2, 0.25) is 0 Å². The van der Waals surface area contributed by atoms with Crippen LogP contribution in [0.2, 0.25) is 0 Å². The van der Waals surface area contributed by atoms with Gasteiger partial charge in [0.15, 0.2) is 92.5 Å². The van der Waals surface area contributed by atoms with Gasteiger partial charge in [0.25, 0.3) is 0 Å². The van der Waals surface area contributed by atoms with Gasteiger partial charge < -0.3 is 74.5 Å². The number of hydrogen-bond acceptors (Lipinski definition) is 29. The van der Waals surface area contributed by atoms with Crippen LogP contribution in [-0.2, 0) is 6.54 Å². The van der Waals surface area contributed by atoms with Crippen LogP contribution in [0.15, 0.2) is 309 Å². The quantitative estimate of drug-likeness (QED) is 0.0679. The molecule has 29 nitrogen and oxygen atoms in total. The lowest BCUT2D eigenvalue weighted by Crippen LogP contribution is -2.23. The van der Waals surface area contributed by atoms with E-state index in [4.69, 9.17) is 74.5 Å². The highest BCUT2D eigenvalue weighted by Crippen LogP contribution is 2.41. The molecule has 142 heavy (non-hydrogen) atoms. The van der Waals surface area contributed by atoms with Crippen LogP contribution in [0.1, 0.15) is 260 Å². The van der Waals surface area contributed by atoms with Crippen LogP contribution in [-0.4, -0.2) is 92.5 Å². The minimum absolute atomic E-state index is 0.0937. The van der Waals surface area contributed by atoms with Crippen molar-refractivity contribution >= 4 is 161 Å². The fourth-order valence-electron chi connectivity index (χ4n) is 17.8. The molecule has 16 aromatic rings. The summed E-state index contributed by atoms with van der Waals surface area (Å²) in [7, 11) is 0. The molecule has 0 unspecified atom stereocenters. The average molecular weight is 1870 g/mol. The summed E-state index contributed by atoms with van der Waals surface area (Å²) < 4.78 is 0. The van der Waals surface area contributed by atoms with E-state index in [9.17, 15) is 76.7 Å². The number of carbonyl (C=O) groups is 16. The predicted octanol–water partition coefficient (Wildman–Crippen LogP) is 14.1. The largest absolute Gasteiger partial charge is 0.399 e. The van der Waals surface area contributed by atoms with E-state index in [1.807, 2.05) is 0 Å². The van der Waals surface area contributed by atoms with Gasteiger partial charge in [-0.05, 0) is 127 Å². The lowest BCUT2D eigenvalue weighted by molar-refractivity contribution is 0.0979. The molecule has 8 aliphatic carbocycles. The standard InChI is InChI=1S/C15H11NO2.5C14H10N2O2.2C14H9NO2/c16-8-9-5-6-12-13(7-9)15(18)11-4-2-1-3-10(11)14(12)17;15-7-1-3-9-11(5-7)14(18)10-4-2-8(16)6-12(10)13(9)17;15-9-5-1-3-7-11(9)14(18)8-4-2-6-10(16)12(8)13(7)17;15-9-5-1-3-7-11(9)14(18)12-8(13(7)17)4-2-6-10(12)16;15-9-5-6-10(16)12-11(9)13(17)7-3-1-2-4-8(7)14(12)18;15-10-6-5-9-11(12(10)16)14(18)8-4-2-1-3-7(8)13(9)17;15-11-7-3-6-10-12(11)14(17)9-5-2-1-4-8(9)13(10)16;15-8-5-6-11-12(7-8)14(17)10-4-2-1-3-9(10)13(11)16/h1-7H,8,16H2;5*1-6H,15-16H2;2*1-7H,15H2. The fraction of sp³-hybridized carbons (Fsp3) is 0.00885. The zero-order chi connectivity index (χ0) is 101. The molecular weight excluding hydrogens is 1800 g/mol. The van der Waals surface area contributed by atoms with Gasteiger partial charge in [0.05, 0.1) is 55.9 Å². The van der Waals surface area contributed by atoms with Crippen molar-refractivity contribution in [2.75, 3.05) is 68.8 Å². The first kappa shape index (κ1) is 93.6. The smallest absolute Gasteiger partial charge is 0.198 e. The third-order valence-corrected chi connectivity index (χ3v) is 24.8. The molecule has 0 bridgehead atoms. The topological polar surface area (TPSA) is 611 Å². The Kier molecular flexibility index (Phi) is 24.8. The Hall–Kier alpha value is -20.2. The monoisotopic (exact) mass is 1870 g/mol. The molecule has 0 aromatic heterocycles. The molecule has 0 fully saturated rings. The molecule has 0 saturated heterocycles. The summed E-state index contributed by atoms with van der Waals surface area (Å²) in [6, 6.07) is 84.1. The Morgan fingerprint density at radius 3 is 0.599 bits per heavy atom. The first-order valence-corrected chi connectivity index (χ1v) is 43.6. The molecule has 29 heteroatoms. The molecule has 692 valence electrons. The zero-order valence-corrected chi connectivity index (χ0v) is 74.7. The molecule has 0 atom stereocenters. The van der Waals surface area contributed by atoms with Gasteiger partial charge in [0, 0.05) is 197 Å². The SMILES string of the molecule is NCc1ccc2c(c1)C(=O)c1ccccc1C2=O.Nc1ccc(N)c2c1C(=O)c1ccccc1C2=O.Nc1ccc2c(c1)C(=O)c1ccc(N)cc1C2=O.Nc1ccc2c(c1)C(=O)c1ccccc1C2=O.Nc1ccc2c(c1N)C(=O)c1ccccc1C2=O.Nc1cccc2c1C(=O)c1c(N)cccc1C2=O.Nc1cccc2c1C(=O)c1cccc(N)c1C2=O.Nc1cccc2c1C(=O)c1ccccc1C2=O. The molecule has 0 heterocycles. The van der Waals surface area contributed by atoms with E-state index in [0.717, 1.165) is 5.56 Å². The maximum Gasteiger partial charge on any atom is 0.198 e. The summed E-state index contributed by atoms with van der Waals surface area (Å²) in [5, 5.41) is 0.